The average Bonchev–Trinajstić information content (AvgIpc) is 2.36. The molecule has 20 heavy (non-hydrogen) atoms. The number of nitrogen functional groups attached to an aromatic ring is 1. The van der Waals surface area contributed by atoms with Gasteiger partial charge in [-0.2, -0.15) is 0 Å². The first-order valence-corrected chi connectivity index (χ1v) is 7.43. The SMILES string of the molecule is Cc1ccc(F)cc1NS(=O)(=O)c1cc(N)ccc1C. The number of hydrogen-bond acceptors (Lipinski definition) is 3. The molecule has 0 aliphatic heterocycles. The number of nitrogens with two attached hydrogens (primary N) is 1. The summed E-state index contributed by atoms with van der Waals surface area (Å²) in [7, 11) is -3.80. The predicted molar refractivity (Wildman–Crippen MR) is 77.5 cm³/mol. The molecule has 2 aromatic rings. The summed E-state index contributed by atoms with van der Waals surface area (Å²) in [6.45, 7) is 3.37. The van der Waals surface area contributed by atoms with Gasteiger partial charge in [0, 0.05) is 5.69 Å². The number of nitrogens with one attached hydrogen (secondary N) is 1. The third-order valence-corrected chi connectivity index (χ3v) is 4.45. The number of benzene rings is 2. The van der Waals surface area contributed by atoms with Crippen LogP contribution in [0.5, 0.6) is 0 Å². The van der Waals surface area contributed by atoms with Crippen molar-refractivity contribution in [2.75, 3.05) is 10.5 Å². The van der Waals surface area contributed by atoms with Crippen LogP contribution in [-0.2, 0) is 10.0 Å². The van der Waals surface area contributed by atoms with Crippen LogP contribution in [0.15, 0.2) is 41.3 Å². The maximum absolute atomic E-state index is 13.2. The van der Waals surface area contributed by atoms with Crippen molar-refractivity contribution in [1.82, 2.24) is 0 Å². The first kappa shape index (κ1) is 14.3. The minimum atomic E-state index is -3.80. The van der Waals surface area contributed by atoms with Crippen LogP contribution >= 0.6 is 0 Å². The topological polar surface area (TPSA) is 72.2 Å². The second-order valence-electron chi connectivity index (χ2n) is 4.59. The van der Waals surface area contributed by atoms with E-state index in [1.165, 1.54) is 18.2 Å². The van der Waals surface area contributed by atoms with Gasteiger partial charge in [0.15, 0.2) is 0 Å². The van der Waals surface area contributed by atoms with Crippen molar-refractivity contribution in [1.29, 1.82) is 0 Å². The Hall–Kier alpha value is -2.08. The maximum Gasteiger partial charge on any atom is 0.262 e. The minimum absolute atomic E-state index is 0.0844. The smallest absolute Gasteiger partial charge is 0.262 e. The van der Waals surface area contributed by atoms with E-state index >= 15 is 0 Å². The first-order chi connectivity index (χ1) is 9.29. The molecule has 0 aromatic heterocycles. The molecular formula is C14H15FN2O2S. The highest BCUT2D eigenvalue weighted by Gasteiger charge is 2.18. The Morgan fingerprint density at radius 3 is 2.40 bits per heavy atom. The second-order valence-corrected chi connectivity index (χ2v) is 6.24. The molecule has 0 radical (unpaired) electrons. The summed E-state index contributed by atoms with van der Waals surface area (Å²) < 4.78 is 40.3. The number of halogens is 1. The van der Waals surface area contributed by atoms with Crippen molar-refractivity contribution in [3.05, 3.63) is 53.3 Å². The summed E-state index contributed by atoms with van der Waals surface area (Å²) in [5.41, 5.74) is 7.39. The molecule has 0 atom stereocenters. The van der Waals surface area contributed by atoms with E-state index in [0.717, 1.165) is 6.07 Å². The number of hydrogen-bond donors (Lipinski definition) is 2. The molecule has 0 bridgehead atoms. The summed E-state index contributed by atoms with van der Waals surface area (Å²) in [4.78, 5) is 0.0844. The van der Waals surface area contributed by atoms with Crippen LogP contribution in [0.4, 0.5) is 15.8 Å². The Kier molecular flexibility index (Phi) is 3.67. The van der Waals surface area contributed by atoms with Crippen molar-refractivity contribution < 1.29 is 12.8 Å². The van der Waals surface area contributed by atoms with E-state index in [0.29, 0.717) is 16.8 Å². The Morgan fingerprint density at radius 1 is 1.05 bits per heavy atom. The van der Waals surface area contributed by atoms with E-state index in [2.05, 4.69) is 4.72 Å². The molecule has 0 fully saturated rings. The lowest BCUT2D eigenvalue weighted by Gasteiger charge is -2.13. The van der Waals surface area contributed by atoms with Crippen LogP contribution in [0.25, 0.3) is 0 Å². The van der Waals surface area contributed by atoms with Gasteiger partial charge in [-0.3, -0.25) is 4.72 Å². The standard InChI is InChI=1S/C14H15FN2O2S/c1-9-3-5-11(15)7-13(9)17-20(18,19)14-8-12(16)6-4-10(14)2/h3-8,17H,16H2,1-2H3. The van der Waals surface area contributed by atoms with Crippen molar-refractivity contribution in [2.45, 2.75) is 18.7 Å². The lowest BCUT2D eigenvalue weighted by molar-refractivity contribution is 0.600. The monoisotopic (exact) mass is 294 g/mol. The lowest BCUT2D eigenvalue weighted by Crippen LogP contribution is -2.15. The van der Waals surface area contributed by atoms with Crippen LogP contribution in [0.2, 0.25) is 0 Å². The molecule has 0 aliphatic rings. The summed E-state index contributed by atoms with van der Waals surface area (Å²) in [6.07, 6.45) is 0. The Balaban J connectivity index is 2.46. The molecule has 0 heterocycles. The van der Waals surface area contributed by atoms with Gasteiger partial charge < -0.3 is 5.73 Å². The van der Waals surface area contributed by atoms with Crippen molar-refractivity contribution in [3.63, 3.8) is 0 Å². The molecular weight excluding hydrogens is 279 g/mol. The molecule has 0 aliphatic carbocycles. The minimum Gasteiger partial charge on any atom is -0.399 e. The Bertz CT molecular complexity index is 758. The highest BCUT2D eigenvalue weighted by Crippen LogP contribution is 2.24. The zero-order valence-corrected chi connectivity index (χ0v) is 12.0. The molecule has 106 valence electrons. The van der Waals surface area contributed by atoms with Crippen molar-refractivity contribution in [2.24, 2.45) is 0 Å². The van der Waals surface area contributed by atoms with E-state index in [-0.39, 0.29) is 10.6 Å². The van der Waals surface area contributed by atoms with Gasteiger partial charge in [0.05, 0.1) is 10.6 Å². The molecule has 0 unspecified atom stereocenters. The van der Waals surface area contributed by atoms with Crippen LogP contribution in [0, 0.1) is 19.7 Å². The highest BCUT2D eigenvalue weighted by molar-refractivity contribution is 7.92. The summed E-state index contributed by atoms with van der Waals surface area (Å²) in [5, 5.41) is 0. The molecule has 2 rings (SSSR count). The number of rotatable bonds is 3. The van der Waals surface area contributed by atoms with E-state index in [1.807, 2.05) is 0 Å². The number of aryl methyl sites for hydroxylation is 2. The zero-order chi connectivity index (χ0) is 14.9. The fourth-order valence-electron chi connectivity index (χ4n) is 1.81. The molecule has 4 nitrogen and oxygen atoms in total. The van der Waals surface area contributed by atoms with Crippen molar-refractivity contribution in [3.8, 4) is 0 Å². The van der Waals surface area contributed by atoms with Gasteiger partial charge in [-0.15, -0.1) is 0 Å². The predicted octanol–water partition coefficient (Wildman–Crippen LogP) is 2.83. The Labute approximate surface area is 117 Å². The van der Waals surface area contributed by atoms with Crippen LogP contribution in [0.1, 0.15) is 11.1 Å². The van der Waals surface area contributed by atoms with Gasteiger partial charge >= 0.3 is 0 Å². The number of sulfonamides is 1. The second kappa shape index (κ2) is 5.13. The largest absolute Gasteiger partial charge is 0.399 e. The molecule has 2 aromatic carbocycles. The van der Waals surface area contributed by atoms with Crippen molar-refractivity contribution >= 4 is 21.4 Å². The maximum atomic E-state index is 13.2. The van der Waals surface area contributed by atoms with Gasteiger partial charge in [-0.25, -0.2) is 12.8 Å². The fraction of sp³-hybridized carbons (Fsp3) is 0.143. The van der Waals surface area contributed by atoms with Gasteiger partial charge in [0.1, 0.15) is 5.82 Å². The molecule has 0 amide bonds. The molecule has 6 heteroatoms. The van der Waals surface area contributed by atoms with Crippen LogP contribution in [0.3, 0.4) is 0 Å². The van der Waals surface area contributed by atoms with Gasteiger partial charge in [0.2, 0.25) is 0 Å². The van der Waals surface area contributed by atoms with Gasteiger partial charge in [0.25, 0.3) is 10.0 Å². The third-order valence-electron chi connectivity index (χ3n) is 2.95. The normalized spacial score (nSPS) is 11.3. The molecule has 3 N–H and O–H groups in total. The van der Waals surface area contributed by atoms with Gasteiger partial charge in [-0.1, -0.05) is 12.1 Å². The lowest BCUT2D eigenvalue weighted by atomic mass is 10.2. The first-order valence-electron chi connectivity index (χ1n) is 5.95. The number of anilines is 2. The van der Waals surface area contributed by atoms with E-state index in [9.17, 15) is 12.8 Å². The average molecular weight is 294 g/mol. The summed E-state index contributed by atoms with van der Waals surface area (Å²) in [6, 6.07) is 8.57. The van der Waals surface area contributed by atoms with Crippen LogP contribution in [-0.4, -0.2) is 8.42 Å². The van der Waals surface area contributed by atoms with E-state index in [4.69, 9.17) is 5.73 Å². The molecule has 0 spiro atoms. The third kappa shape index (κ3) is 2.91. The van der Waals surface area contributed by atoms with E-state index in [1.54, 1.807) is 26.0 Å². The van der Waals surface area contributed by atoms with E-state index < -0.39 is 15.8 Å². The molecule has 0 saturated heterocycles. The summed E-state index contributed by atoms with van der Waals surface area (Å²) >= 11 is 0. The van der Waals surface area contributed by atoms with Crippen LogP contribution < -0.4 is 10.5 Å². The molecule has 0 saturated carbocycles. The summed E-state index contributed by atoms with van der Waals surface area (Å²) in [5.74, 6) is -0.502. The Morgan fingerprint density at radius 2 is 1.70 bits per heavy atom. The fourth-order valence-corrected chi connectivity index (χ4v) is 3.21. The zero-order valence-electron chi connectivity index (χ0n) is 11.1. The van der Waals surface area contributed by atoms with Gasteiger partial charge in [-0.05, 0) is 49.2 Å². The highest BCUT2D eigenvalue weighted by atomic mass is 32.2. The quantitative estimate of drug-likeness (QED) is 0.855.